The van der Waals surface area contributed by atoms with Crippen molar-refractivity contribution in [2.24, 2.45) is 5.92 Å². The Hall–Kier alpha value is -1.75. The summed E-state index contributed by atoms with van der Waals surface area (Å²) in [6, 6.07) is 7.12. The zero-order chi connectivity index (χ0) is 18.4. The Morgan fingerprint density at radius 2 is 1.68 bits per heavy atom. The normalized spacial score (nSPS) is 16.0. The molecule has 6 heteroatoms. The molecule has 0 bridgehead atoms. The fraction of sp³-hybridized carbons (Fsp3) is 0.579. The van der Waals surface area contributed by atoms with Crippen LogP contribution in [0.5, 0.6) is 5.75 Å². The number of amides is 2. The molecule has 1 unspecified atom stereocenters. The van der Waals surface area contributed by atoms with Gasteiger partial charge in [0.05, 0.1) is 5.02 Å². The maximum Gasteiger partial charge on any atom is 0.263 e. The summed E-state index contributed by atoms with van der Waals surface area (Å²) < 4.78 is 5.70. The Bertz CT molecular complexity index is 598. The number of benzene rings is 1. The number of hydrogen-bond donors (Lipinski definition) is 0. The van der Waals surface area contributed by atoms with Crippen LogP contribution in [0.4, 0.5) is 0 Å². The molecule has 1 fully saturated rings. The third kappa shape index (κ3) is 5.63. The second-order valence-corrected chi connectivity index (χ2v) is 7.24. The van der Waals surface area contributed by atoms with Gasteiger partial charge in [-0.05, 0) is 31.4 Å². The highest BCUT2D eigenvalue weighted by Crippen LogP contribution is 2.24. The Kier molecular flexibility index (Phi) is 7.12. The molecule has 0 spiro atoms. The fourth-order valence-electron chi connectivity index (χ4n) is 2.78. The van der Waals surface area contributed by atoms with Crippen LogP contribution < -0.4 is 4.74 Å². The topological polar surface area (TPSA) is 49.9 Å². The van der Waals surface area contributed by atoms with E-state index in [-0.39, 0.29) is 11.8 Å². The van der Waals surface area contributed by atoms with E-state index in [1.54, 1.807) is 24.0 Å². The van der Waals surface area contributed by atoms with Gasteiger partial charge in [-0.2, -0.15) is 0 Å². The van der Waals surface area contributed by atoms with Crippen molar-refractivity contribution >= 4 is 23.4 Å². The van der Waals surface area contributed by atoms with E-state index in [1.807, 2.05) is 17.0 Å². The molecule has 1 heterocycles. The zero-order valence-electron chi connectivity index (χ0n) is 15.2. The lowest BCUT2D eigenvalue weighted by molar-refractivity contribution is -0.143. The van der Waals surface area contributed by atoms with Crippen molar-refractivity contribution in [2.45, 2.75) is 39.7 Å². The first-order valence-corrected chi connectivity index (χ1v) is 9.24. The van der Waals surface area contributed by atoms with Crippen LogP contribution in [0.3, 0.4) is 0 Å². The van der Waals surface area contributed by atoms with Crippen LogP contribution >= 0.6 is 11.6 Å². The highest BCUT2D eigenvalue weighted by molar-refractivity contribution is 6.32. The van der Waals surface area contributed by atoms with Gasteiger partial charge < -0.3 is 14.5 Å². The molecule has 5 nitrogen and oxygen atoms in total. The molecule has 1 saturated heterocycles. The summed E-state index contributed by atoms with van der Waals surface area (Å²) >= 11 is 6.07. The van der Waals surface area contributed by atoms with Crippen molar-refractivity contribution in [3.8, 4) is 5.75 Å². The van der Waals surface area contributed by atoms with Gasteiger partial charge in [-0.25, -0.2) is 0 Å². The maximum atomic E-state index is 12.6. The standard InChI is InChI=1S/C19H27ClN2O3/c1-14(2)8-9-18(23)21-10-12-22(13-11-21)19(24)15(3)25-17-7-5-4-6-16(17)20/h4-7,14-15H,8-13H2,1-3H3. The van der Waals surface area contributed by atoms with E-state index in [1.165, 1.54) is 0 Å². The van der Waals surface area contributed by atoms with Gasteiger partial charge in [0.1, 0.15) is 5.75 Å². The number of rotatable bonds is 6. The Labute approximate surface area is 154 Å². The van der Waals surface area contributed by atoms with E-state index in [9.17, 15) is 9.59 Å². The number of halogens is 1. The second-order valence-electron chi connectivity index (χ2n) is 6.83. The predicted molar refractivity (Wildman–Crippen MR) is 98.8 cm³/mol. The van der Waals surface area contributed by atoms with E-state index < -0.39 is 6.10 Å². The molecule has 0 N–H and O–H groups in total. The first-order chi connectivity index (χ1) is 11.9. The summed E-state index contributed by atoms with van der Waals surface area (Å²) in [4.78, 5) is 28.3. The lowest BCUT2D eigenvalue weighted by Crippen LogP contribution is -2.53. The molecule has 0 aliphatic carbocycles. The van der Waals surface area contributed by atoms with Crippen LogP contribution in [-0.4, -0.2) is 53.9 Å². The van der Waals surface area contributed by atoms with Crippen LogP contribution in [-0.2, 0) is 9.59 Å². The van der Waals surface area contributed by atoms with E-state index in [2.05, 4.69) is 13.8 Å². The molecule has 0 radical (unpaired) electrons. The number of ether oxygens (including phenoxy) is 1. The smallest absolute Gasteiger partial charge is 0.263 e. The molecule has 2 rings (SSSR count). The number of nitrogens with zero attached hydrogens (tertiary/aromatic N) is 2. The van der Waals surface area contributed by atoms with Gasteiger partial charge in [0.25, 0.3) is 5.91 Å². The first kappa shape index (κ1) is 19.6. The highest BCUT2D eigenvalue weighted by atomic mass is 35.5. The minimum absolute atomic E-state index is 0.0748. The number of para-hydroxylation sites is 1. The molecule has 138 valence electrons. The third-order valence-electron chi connectivity index (χ3n) is 4.37. The Morgan fingerprint density at radius 1 is 1.08 bits per heavy atom. The SMILES string of the molecule is CC(C)CCC(=O)N1CCN(C(=O)C(C)Oc2ccccc2Cl)CC1. The van der Waals surface area contributed by atoms with Crippen LogP contribution in [0.2, 0.25) is 5.02 Å². The predicted octanol–water partition coefficient (Wildman–Crippen LogP) is 3.21. The van der Waals surface area contributed by atoms with E-state index >= 15 is 0 Å². The molecular weight excluding hydrogens is 340 g/mol. The van der Waals surface area contributed by atoms with E-state index in [0.717, 1.165) is 6.42 Å². The summed E-state index contributed by atoms with van der Waals surface area (Å²) in [6.45, 7) is 8.22. The van der Waals surface area contributed by atoms with Gasteiger partial charge in [-0.3, -0.25) is 9.59 Å². The average molecular weight is 367 g/mol. The Morgan fingerprint density at radius 3 is 2.28 bits per heavy atom. The van der Waals surface area contributed by atoms with Gasteiger partial charge >= 0.3 is 0 Å². The summed E-state index contributed by atoms with van der Waals surface area (Å²) in [7, 11) is 0. The van der Waals surface area contributed by atoms with Gasteiger partial charge in [-0.15, -0.1) is 0 Å². The molecular formula is C19H27ClN2O3. The second kappa shape index (κ2) is 9.09. The van der Waals surface area contributed by atoms with Crippen molar-refractivity contribution in [2.75, 3.05) is 26.2 Å². The van der Waals surface area contributed by atoms with Crippen LogP contribution in [0.1, 0.15) is 33.6 Å². The molecule has 0 aromatic heterocycles. The lowest BCUT2D eigenvalue weighted by atomic mass is 10.1. The molecule has 2 amide bonds. The van der Waals surface area contributed by atoms with Crippen LogP contribution in [0.25, 0.3) is 0 Å². The van der Waals surface area contributed by atoms with Gasteiger partial charge in [0.2, 0.25) is 5.91 Å². The lowest BCUT2D eigenvalue weighted by Gasteiger charge is -2.36. The fourth-order valence-corrected chi connectivity index (χ4v) is 2.97. The summed E-state index contributed by atoms with van der Waals surface area (Å²) in [5, 5.41) is 0.489. The van der Waals surface area contributed by atoms with Gasteiger partial charge in [0.15, 0.2) is 6.10 Å². The number of piperazine rings is 1. The van der Waals surface area contributed by atoms with Crippen LogP contribution in [0.15, 0.2) is 24.3 Å². The van der Waals surface area contributed by atoms with Gasteiger partial charge in [0, 0.05) is 32.6 Å². The molecule has 1 aromatic carbocycles. The van der Waals surface area contributed by atoms with Crippen molar-refractivity contribution in [1.82, 2.24) is 9.80 Å². The monoisotopic (exact) mass is 366 g/mol. The Balaban J connectivity index is 1.82. The first-order valence-electron chi connectivity index (χ1n) is 8.86. The maximum absolute atomic E-state index is 12.6. The minimum atomic E-state index is -0.608. The number of carbonyl (C=O) groups is 2. The molecule has 25 heavy (non-hydrogen) atoms. The minimum Gasteiger partial charge on any atom is -0.479 e. The van der Waals surface area contributed by atoms with Crippen molar-refractivity contribution < 1.29 is 14.3 Å². The molecule has 1 aromatic rings. The third-order valence-corrected chi connectivity index (χ3v) is 4.68. The van der Waals surface area contributed by atoms with E-state index in [0.29, 0.717) is 49.3 Å². The quantitative estimate of drug-likeness (QED) is 0.776. The zero-order valence-corrected chi connectivity index (χ0v) is 16.0. The molecule has 1 aliphatic rings. The highest BCUT2D eigenvalue weighted by Gasteiger charge is 2.28. The van der Waals surface area contributed by atoms with Crippen molar-refractivity contribution in [3.05, 3.63) is 29.3 Å². The van der Waals surface area contributed by atoms with Gasteiger partial charge in [-0.1, -0.05) is 37.6 Å². The number of carbonyl (C=O) groups excluding carboxylic acids is 2. The molecule has 1 atom stereocenters. The van der Waals surface area contributed by atoms with Crippen molar-refractivity contribution in [1.29, 1.82) is 0 Å². The summed E-state index contributed by atoms with van der Waals surface area (Å²) in [5.74, 6) is 1.14. The number of hydrogen-bond acceptors (Lipinski definition) is 3. The summed E-state index contributed by atoms with van der Waals surface area (Å²) in [5.41, 5.74) is 0. The molecule has 0 saturated carbocycles. The molecule has 1 aliphatic heterocycles. The van der Waals surface area contributed by atoms with E-state index in [4.69, 9.17) is 16.3 Å². The van der Waals surface area contributed by atoms with Crippen LogP contribution in [0, 0.1) is 5.92 Å². The largest absolute Gasteiger partial charge is 0.479 e. The average Bonchev–Trinajstić information content (AvgIpc) is 2.61. The van der Waals surface area contributed by atoms with Crippen molar-refractivity contribution in [3.63, 3.8) is 0 Å². The summed E-state index contributed by atoms with van der Waals surface area (Å²) in [6.07, 6.45) is 0.876.